The first kappa shape index (κ1) is 15.0. The fraction of sp³-hybridized carbons (Fsp3) is 0.385. The van der Waals surface area contributed by atoms with Crippen molar-refractivity contribution in [2.45, 2.75) is 32.7 Å². The van der Waals surface area contributed by atoms with Crippen molar-refractivity contribution in [2.24, 2.45) is 0 Å². The number of hydrogen-bond acceptors (Lipinski definition) is 2. The number of nitrogens with zero attached hydrogens (tertiary/aromatic N) is 2. The summed E-state index contributed by atoms with van der Waals surface area (Å²) in [5, 5.41) is 3.16. The highest BCUT2D eigenvalue weighted by atomic mass is 35.5. The first-order chi connectivity index (χ1) is 8.71. The van der Waals surface area contributed by atoms with E-state index in [0.717, 1.165) is 11.0 Å². The van der Waals surface area contributed by atoms with Crippen LogP contribution in [0.4, 0.5) is 0 Å². The second-order valence-corrected chi connectivity index (χ2v) is 14.2. The molecule has 6 heteroatoms. The van der Waals surface area contributed by atoms with Gasteiger partial charge >= 0.3 is 0 Å². The van der Waals surface area contributed by atoms with Crippen LogP contribution in [0.3, 0.4) is 0 Å². The van der Waals surface area contributed by atoms with Crippen LogP contribution in [0.5, 0.6) is 0 Å². The average molecular weight is 328 g/mol. The lowest BCUT2D eigenvalue weighted by atomic mass is 10.3. The highest BCUT2D eigenvalue weighted by Crippen LogP contribution is 2.21. The molecule has 1 radical (unpaired) electrons. The predicted octanol–water partition coefficient (Wildman–Crippen LogP) is 3.44. The quantitative estimate of drug-likeness (QED) is 0.789. The van der Waals surface area contributed by atoms with Crippen LogP contribution in [-0.4, -0.2) is 26.8 Å². The predicted molar refractivity (Wildman–Crippen MR) is 89.7 cm³/mol. The molecule has 101 valence electrons. The lowest BCUT2D eigenvalue weighted by molar-refractivity contribution is 1.30. The number of aromatic nitrogens is 2. The molecule has 0 fully saturated rings. The number of fused-ring (bicyclic) bond motifs is 1. The van der Waals surface area contributed by atoms with Gasteiger partial charge in [0.25, 0.3) is 0 Å². The molecule has 0 amide bonds. The molecular formula is C13H17Cl2N2Si2. The zero-order chi connectivity index (χ0) is 14.4. The second kappa shape index (κ2) is 5.16. The minimum absolute atomic E-state index is 0.298. The van der Waals surface area contributed by atoms with Crippen LogP contribution in [0.1, 0.15) is 0 Å². The monoisotopic (exact) mass is 327 g/mol. The van der Waals surface area contributed by atoms with Gasteiger partial charge in [-0.05, 0) is 10.4 Å². The third kappa shape index (κ3) is 2.86. The summed E-state index contributed by atoms with van der Waals surface area (Å²) in [6.07, 6.45) is 0. The molecule has 1 aromatic heterocycles. The van der Waals surface area contributed by atoms with Crippen LogP contribution in [0.2, 0.25) is 43.0 Å². The molecule has 0 aliphatic carbocycles. The van der Waals surface area contributed by atoms with E-state index in [1.807, 2.05) is 0 Å². The minimum Gasteiger partial charge on any atom is -0.231 e. The van der Waals surface area contributed by atoms with Gasteiger partial charge < -0.3 is 0 Å². The molecule has 1 aromatic carbocycles. The second-order valence-electron chi connectivity index (χ2n) is 5.91. The van der Waals surface area contributed by atoms with Gasteiger partial charge in [-0.25, -0.2) is 9.97 Å². The van der Waals surface area contributed by atoms with Gasteiger partial charge in [-0.3, -0.25) is 0 Å². The van der Waals surface area contributed by atoms with Crippen molar-refractivity contribution in [3.05, 3.63) is 22.4 Å². The van der Waals surface area contributed by atoms with Crippen LogP contribution in [0.25, 0.3) is 11.0 Å². The van der Waals surface area contributed by atoms with Gasteiger partial charge in [0, 0.05) is 0 Å². The van der Waals surface area contributed by atoms with Crippen molar-refractivity contribution in [3.63, 3.8) is 0 Å². The molecule has 19 heavy (non-hydrogen) atoms. The third-order valence-corrected chi connectivity index (χ3v) is 7.21. The molecule has 2 nitrogen and oxygen atoms in total. The summed E-state index contributed by atoms with van der Waals surface area (Å²) in [5.74, 6) is 0. The van der Waals surface area contributed by atoms with Crippen molar-refractivity contribution >= 4 is 61.5 Å². The maximum atomic E-state index is 6.06. The first-order valence-corrected chi connectivity index (χ1v) is 12.9. The molecule has 0 N–H and O–H groups in total. The molecule has 0 unspecified atom stereocenters. The van der Waals surface area contributed by atoms with Gasteiger partial charge in [-0.2, -0.15) is 0 Å². The highest BCUT2D eigenvalue weighted by molar-refractivity contribution is 6.90. The Morgan fingerprint density at radius 2 is 1.47 bits per heavy atom. The SMILES string of the molecule is C[Si](C)c1ccc([Si](C)(C)C)c2nc(Cl)c(Cl)nc12. The number of hydrogen-bond donors (Lipinski definition) is 0. The molecule has 2 rings (SSSR count). The number of rotatable bonds is 2. The maximum Gasteiger partial charge on any atom is 0.167 e. The van der Waals surface area contributed by atoms with Crippen LogP contribution >= 0.6 is 23.2 Å². The first-order valence-electron chi connectivity index (χ1n) is 6.18. The van der Waals surface area contributed by atoms with Crippen molar-refractivity contribution in [3.8, 4) is 0 Å². The Morgan fingerprint density at radius 1 is 0.947 bits per heavy atom. The minimum atomic E-state index is -1.49. The molecule has 1 heterocycles. The normalized spacial score (nSPS) is 12.4. The van der Waals surface area contributed by atoms with Gasteiger partial charge in [0.15, 0.2) is 10.3 Å². The highest BCUT2D eigenvalue weighted by Gasteiger charge is 2.23. The molecule has 0 aliphatic rings. The third-order valence-electron chi connectivity index (χ3n) is 3.09. The fourth-order valence-corrected chi connectivity index (χ4v) is 4.89. The van der Waals surface area contributed by atoms with E-state index in [1.54, 1.807) is 0 Å². The summed E-state index contributed by atoms with van der Waals surface area (Å²) < 4.78 is 0. The van der Waals surface area contributed by atoms with Gasteiger partial charge in [0.1, 0.15) is 0 Å². The molecule has 0 spiro atoms. The Bertz CT molecular complexity index is 637. The number of benzene rings is 1. The maximum absolute atomic E-state index is 6.06. The zero-order valence-electron chi connectivity index (χ0n) is 11.8. The van der Waals surface area contributed by atoms with Crippen LogP contribution < -0.4 is 10.4 Å². The van der Waals surface area contributed by atoms with Crippen LogP contribution in [0.15, 0.2) is 12.1 Å². The largest absolute Gasteiger partial charge is 0.231 e. The molecule has 0 bridgehead atoms. The summed E-state index contributed by atoms with van der Waals surface area (Å²) in [6, 6.07) is 4.41. The summed E-state index contributed by atoms with van der Waals surface area (Å²) in [6.45, 7) is 11.4. The summed E-state index contributed by atoms with van der Waals surface area (Å²) in [5.41, 5.74) is 1.88. The lowest BCUT2D eigenvalue weighted by Gasteiger charge is -2.20. The standard InChI is InChI=1S/C13H17Cl2N2Si2/c1-18(2)8-6-7-9(19(3,4)5)11-10(8)16-12(14)13(15)17-11/h6-7H,1-5H3. The summed E-state index contributed by atoms with van der Waals surface area (Å²) >= 11 is 12.1. The van der Waals surface area contributed by atoms with E-state index >= 15 is 0 Å². The van der Waals surface area contributed by atoms with Crippen molar-refractivity contribution in [1.82, 2.24) is 9.97 Å². The van der Waals surface area contributed by atoms with Crippen LogP contribution in [0, 0.1) is 0 Å². The molecule has 0 saturated carbocycles. The molecule has 2 aromatic rings. The van der Waals surface area contributed by atoms with E-state index in [2.05, 4.69) is 54.8 Å². The van der Waals surface area contributed by atoms with Crippen molar-refractivity contribution in [1.29, 1.82) is 0 Å². The molecular weight excluding hydrogens is 311 g/mol. The van der Waals surface area contributed by atoms with E-state index in [0.29, 0.717) is 10.3 Å². The van der Waals surface area contributed by atoms with Gasteiger partial charge in [-0.15, -0.1) is 0 Å². The zero-order valence-corrected chi connectivity index (χ0v) is 15.3. The Hall–Kier alpha value is -0.426. The van der Waals surface area contributed by atoms with E-state index < -0.39 is 16.9 Å². The van der Waals surface area contributed by atoms with Gasteiger partial charge in [0.2, 0.25) is 0 Å². The Labute approximate surface area is 126 Å². The van der Waals surface area contributed by atoms with E-state index in [1.165, 1.54) is 10.4 Å². The van der Waals surface area contributed by atoms with E-state index in [-0.39, 0.29) is 0 Å². The summed E-state index contributed by atoms with van der Waals surface area (Å²) in [4.78, 5) is 9.00. The van der Waals surface area contributed by atoms with Crippen molar-refractivity contribution < 1.29 is 0 Å². The Kier molecular flexibility index (Phi) is 4.07. The fourth-order valence-electron chi connectivity index (χ4n) is 2.10. The summed E-state index contributed by atoms with van der Waals surface area (Å²) in [7, 11) is -2.11. The lowest BCUT2D eigenvalue weighted by Crippen LogP contribution is -2.40. The number of halogens is 2. The van der Waals surface area contributed by atoms with E-state index in [4.69, 9.17) is 23.2 Å². The van der Waals surface area contributed by atoms with Gasteiger partial charge in [-0.1, -0.05) is 68.1 Å². The Morgan fingerprint density at radius 3 is 1.95 bits per heavy atom. The average Bonchev–Trinajstić information content (AvgIpc) is 2.27. The smallest absolute Gasteiger partial charge is 0.167 e. The topological polar surface area (TPSA) is 25.8 Å². The molecule has 0 aliphatic heterocycles. The van der Waals surface area contributed by atoms with E-state index in [9.17, 15) is 0 Å². The van der Waals surface area contributed by atoms with Gasteiger partial charge in [0.05, 0.1) is 27.9 Å². The Balaban J connectivity index is 2.90. The molecule has 0 saturated heterocycles. The van der Waals surface area contributed by atoms with Crippen LogP contribution in [-0.2, 0) is 0 Å². The molecule has 0 atom stereocenters. The van der Waals surface area contributed by atoms with Crippen molar-refractivity contribution in [2.75, 3.05) is 0 Å².